The Morgan fingerprint density at radius 2 is 1.79 bits per heavy atom. The van der Waals surface area contributed by atoms with Crippen LogP contribution < -0.4 is 10.1 Å². The van der Waals surface area contributed by atoms with Crippen LogP contribution >= 0.6 is 12.2 Å². The summed E-state index contributed by atoms with van der Waals surface area (Å²) in [4.78, 5) is 15.5. The molecule has 0 bridgehead atoms. The van der Waals surface area contributed by atoms with E-state index < -0.39 is 0 Å². The van der Waals surface area contributed by atoms with Gasteiger partial charge in [-0.05, 0) is 50.2 Å². The normalized spacial score (nSPS) is 16.8. The molecule has 0 saturated heterocycles. The molecule has 0 amide bonds. The van der Waals surface area contributed by atoms with Gasteiger partial charge in [-0.2, -0.15) is 0 Å². The summed E-state index contributed by atoms with van der Waals surface area (Å²) < 4.78 is 5.55. The van der Waals surface area contributed by atoms with Gasteiger partial charge in [0.25, 0.3) is 0 Å². The van der Waals surface area contributed by atoms with Gasteiger partial charge in [-0.15, -0.1) is 0 Å². The van der Waals surface area contributed by atoms with Crippen molar-refractivity contribution in [2.45, 2.75) is 33.2 Å². The quantitative estimate of drug-likeness (QED) is 0.535. The lowest BCUT2D eigenvalue weighted by atomic mass is 9.89. The minimum atomic E-state index is -0.288. The van der Waals surface area contributed by atoms with Gasteiger partial charge in [0.05, 0.1) is 12.6 Å². The van der Waals surface area contributed by atoms with Crippen molar-refractivity contribution >= 4 is 23.1 Å². The van der Waals surface area contributed by atoms with Crippen LogP contribution in [0.4, 0.5) is 0 Å². The number of nitrogens with zero attached hydrogens (tertiary/aromatic N) is 1. The Balaban J connectivity index is 2.06. The predicted molar refractivity (Wildman–Crippen MR) is 117 cm³/mol. The second kappa shape index (κ2) is 9.02. The van der Waals surface area contributed by atoms with Crippen LogP contribution in [-0.4, -0.2) is 28.9 Å². The zero-order chi connectivity index (χ0) is 20.1. The number of rotatable bonds is 7. The molecule has 1 aliphatic heterocycles. The van der Waals surface area contributed by atoms with Crippen molar-refractivity contribution in [1.29, 1.82) is 0 Å². The number of Topliss-reactive ketones (excluding diaryl/α,β-unsaturated/α-hetero) is 1. The zero-order valence-corrected chi connectivity index (χ0v) is 17.4. The van der Waals surface area contributed by atoms with E-state index in [0.717, 1.165) is 35.5 Å². The van der Waals surface area contributed by atoms with Crippen LogP contribution in [0.5, 0.6) is 5.75 Å². The summed E-state index contributed by atoms with van der Waals surface area (Å²) in [6.07, 6.45) is 0.944. The van der Waals surface area contributed by atoms with Gasteiger partial charge >= 0.3 is 0 Å². The van der Waals surface area contributed by atoms with E-state index >= 15 is 0 Å². The highest BCUT2D eigenvalue weighted by Gasteiger charge is 2.33. The number of benzene rings is 2. The monoisotopic (exact) mass is 394 g/mol. The van der Waals surface area contributed by atoms with Crippen LogP contribution in [-0.2, 0) is 0 Å². The molecular weight excluding hydrogens is 368 g/mol. The smallest absolute Gasteiger partial charge is 0.193 e. The minimum Gasteiger partial charge on any atom is -0.494 e. The van der Waals surface area contributed by atoms with Gasteiger partial charge in [0.15, 0.2) is 10.9 Å². The highest BCUT2D eigenvalue weighted by atomic mass is 32.1. The third-order valence-electron chi connectivity index (χ3n) is 4.85. The van der Waals surface area contributed by atoms with E-state index in [1.54, 1.807) is 0 Å². The van der Waals surface area contributed by atoms with Crippen molar-refractivity contribution in [3.8, 4) is 5.75 Å². The lowest BCUT2D eigenvalue weighted by Gasteiger charge is -2.38. The second-order valence-electron chi connectivity index (χ2n) is 6.73. The molecule has 28 heavy (non-hydrogen) atoms. The van der Waals surface area contributed by atoms with E-state index in [-0.39, 0.29) is 11.8 Å². The summed E-state index contributed by atoms with van der Waals surface area (Å²) in [6, 6.07) is 17.0. The van der Waals surface area contributed by atoms with Crippen molar-refractivity contribution in [2.75, 3.05) is 13.2 Å². The van der Waals surface area contributed by atoms with Gasteiger partial charge in [-0.3, -0.25) is 4.79 Å². The molecule has 2 aromatic rings. The molecule has 5 heteroatoms. The summed E-state index contributed by atoms with van der Waals surface area (Å²) in [6.45, 7) is 7.45. The number of carbonyl (C=O) groups excluding carboxylic acids is 1. The third-order valence-corrected chi connectivity index (χ3v) is 5.19. The maximum absolute atomic E-state index is 13.4. The number of hydrogen-bond donors (Lipinski definition) is 1. The fourth-order valence-electron chi connectivity index (χ4n) is 3.49. The Bertz CT molecular complexity index is 875. The molecule has 1 atom stereocenters. The highest BCUT2D eigenvalue weighted by Crippen LogP contribution is 2.33. The van der Waals surface area contributed by atoms with E-state index in [0.29, 0.717) is 17.3 Å². The van der Waals surface area contributed by atoms with Crippen LogP contribution in [0.25, 0.3) is 0 Å². The SMILES string of the molecule is CCCN1C(=S)NC(c2ccc(OCC)cc2)C(C(=O)c2ccccc2)=C1C. The van der Waals surface area contributed by atoms with Crippen LogP contribution in [0, 0.1) is 0 Å². The number of allylic oxidation sites excluding steroid dienone is 1. The van der Waals surface area contributed by atoms with Gasteiger partial charge in [0.2, 0.25) is 0 Å². The number of ether oxygens (including phenoxy) is 1. The Hall–Kier alpha value is -2.66. The molecule has 0 aliphatic carbocycles. The molecule has 1 unspecified atom stereocenters. The van der Waals surface area contributed by atoms with E-state index in [9.17, 15) is 4.79 Å². The second-order valence-corrected chi connectivity index (χ2v) is 7.12. The van der Waals surface area contributed by atoms with Crippen molar-refractivity contribution < 1.29 is 9.53 Å². The first-order valence-corrected chi connectivity index (χ1v) is 10.1. The number of ketones is 1. The average Bonchev–Trinajstić information content (AvgIpc) is 2.72. The van der Waals surface area contributed by atoms with Gasteiger partial charge < -0.3 is 15.0 Å². The molecule has 1 aliphatic rings. The van der Waals surface area contributed by atoms with Crippen LogP contribution in [0.3, 0.4) is 0 Å². The van der Waals surface area contributed by atoms with E-state index in [4.69, 9.17) is 17.0 Å². The van der Waals surface area contributed by atoms with Crippen molar-refractivity contribution in [1.82, 2.24) is 10.2 Å². The van der Waals surface area contributed by atoms with Crippen molar-refractivity contribution in [3.63, 3.8) is 0 Å². The molecule has 4 nitrogen and oxygen atoms in total. The van der Waals surface area contributed by atoms with E-state index in [1.165, 1.54) is 0 Å². The summed E-state index contributed by atoms with van der Waals surface area (Å²) in [5.74, 6) is 0.835. The molecule has 0 radical (unpaired) electrons. The number of thiocarbonyl (C=S) groups is 1. The lowest BCUT2D eigenvalue weighted by Crippen LogP contribution is -2.47. The zero-order valence-electron chi connectivity index (χ0n) is 16.6. The van der Waals surface area contributed by atoms with Crippen molar-refractivity contribution in [2.24, 2.45) is 0 Å². The Labute approximate surface area is 172 Å². The molecule has 146 valence electrons. The minimum absolute atomic E-state index is 0.0214. The molecule has 3 rings (SSSR count). The van der Waals surface area contributed by atoms with Crippen LogP contribution in [0.15, 0.2) is 65.9 Å². The summed E-state index contributed by atoms with van der Waals surface area (Å²) >= 11 is 5.61. The van der Waals surface area contributed by atoms with Gasteiger partial charge in [0, 0.05) is 23.4 Å². The number of carbonyl (C=O) groups is 1. The molecule has 0 fully saturated rings. The first-order valence-electron chi connectivity index (χ1n) is 9.68. The maximum atomic E-state index is 13.4. The van der Waals surface area contributed by atoms with E-state index in [1.807, 2.05) is 73.3 Å². The average molecular weight is 395 g/mol. The first kappa shape index (κ1) is 20.1. The molecular formula is C23H26N2O2S. The standard InChI is InChI=1S/C23H26N2O2S/c1-4-15-25-16(3)20(22(26)18-9-7-6-8-10-18)21(24-23(25)28)17-11-13-19(14-12-17)27-5-2/h6-14,21H,4-5,15H2,1-3H3,(H,24,28). The third kappa shape index (κ3) is 4.09. The van der Waals surface area contributed by atoms with Crippen molar-refractivity contribution in [3.05, 3.63) is 77.0 Å². The molecule has 2 aromatic carbocycles. The maximum Gasteiger partial charge on any atom is 0.193 e. The summed E-state index contributed by atoms with van der Waals surface area (Å²) in [5, 5.41) is 4.04. The predicted octanol–water partition coefficient (Wildman–Crippen LogP) is 4.88. The largest absolute Gasteiger partial charge is 0.494 e. The van der Waals surface area contributed by atoms with E-state index in [2.05, 4.69) is 12.2 Å². The topological polar surface area (TPSA) is 41.6 Å². The summed E-state index contributed by atoms with van der Waals surface area (Å²) in [5.41, 5.74) is 3.31. The molecule has 1 heterocycles. The molecule has 0 aromatic heterocycles. The lowest BCUT2D eigenvalue weighted by molar-refractivity contribution is 0.102. The fourth-order valence-corrected chi connectivity index (χ4v) is 3.83. The first-order chi connectivity index (χ1) is 13.6. The number of hydrogen-bond acceptors (Lipinski definition) is 3. The van der Waals surface area contributed by atoms with Gasteiger partial charge in [-0.25, -0.2) is 0 Å². The number of nitrogens with one attached hydrogen (secondary N) is 1. The summed E-state index contributed by atoms with van der Waals surface area (Å²) in [7, 11) is 0. The van der Waals surface area contributed by atoms with Gasteiger partial charge in [-0.1, -0.05) is 49.4 Å². The molecule has 0 saturated carbocycles. The molecule has 1 N–H and O–H groups in total. The Morgan fingerprint density at radius 1 is 1.11 bits per heavy atom. The van der Waals surface area contributed by atoms with Crippen LogP contribution in [0.1, 0.15) is 49.2 Å². The highest BCUT2D eigenvalue weighted by molar-refractivity contribution is 7.80. The van der Waals surface area contributed by atoms with Gasteiger partial charge in [0.1, 0.15) is 5.75 Å². The Morgan fingerprint density at radius 3 is 2.39 bits per heavy atom. The fraction of sp³-hybridized carbons (Fsp3) is 0.304. The Kier molecular flexibility index (Phi) is 6.47. The van der Waals surface area contributed by atoms with Crippen LogP contribution in [0.2, 0.25) is 0 Å². The molecule has 0 spiro atoms.